The van der Waals surface area contributed by atoms with Gasteiger partial charge in [-0.25, -0.2) is 9.97 Å². The third kappa shape index (κ3) is 6.22. The molecule has 0 aliphatic rings. The minimum Gasteiger partial charge on any atom is -0.489 e. The molecule has 0 bridgehead atoms. The van der Waals surface area contributed by atoms with Crippen molar-refractivity contribution in [3.63, 3.8) is 0 Å². The molecule has 12 heteroatoms. The molecule has 0 saturated carbocycles. The zero-order valence-corrected chi connectivity index (χ0v) is 19.4. The van der Waals surface area contributed by atoms with Crippen LogP contribution in [0.2, 0.25) is 0 Å². The van der Waals surface area contributed by atoms with Gasteiger partial charge in [-0.2, -0.15) is 13.2 Å². The lowest BCUT2D eigenvalue weighted by atomic mass is 10.1. The van der Waals surface area contributed by atoms with Crippen molar-refractivity contribution >= 4 is 55.8 Å². The molecule has 34 heavy (non-hydrogen) atoms. The summed E-state index contributed by atoms with van der Waals surface area (Å²) in [5.74, 6) is -0.407. The van der Waals surface area contributed by atoms with Crippen LogP contribution in [0.5, 0.6) is 5.75 Å². The van der Waals surface area contributed by atoms with Gasteiger partial charge in [-0.3, -0.25) is 9.59 Å². The van der Waals surface area contributed by atoms with E-state index in [2.05, 4.69) is 48.4 Å². The van der Waals surface area contributed by atoms with Crippen LogP contribution >= 0.6 is 15.9 Å². The van der Waals surface area contributed by atoms with E-state index in [1.54, 1.807) is 0 Å². The summed E-state index contributed by atoms with van der Waals surface area (Å²) in [5, 5.41) is 8.24. The van der Waals surface area contributed by atoms with Gasteiger partial charge in [0, 0.05) is 22.8 Å². The number of rotatable bonds is 8. The van der Waals surface area contributed by atoms with Gasteiger partial charge < -0.3 is 20.7 Å². The summed E-state index contributed by atoms with van der Waals surface area (Å²) in [6.07, 6.45) is -2.35. The number of hydrogen-bond acceptors (Lipinski definition) is 6. The summed E-state index contributed by atoms with van der Waals surface area (Å²) >= 11 is 3.06. The van der Waals surface area contributed by atoms with Crippen LogP contribution < -0.4 is 20.7 Å². The first-order chi connectivity index (χ1) is 16.1. The molecule has 178 valence electrons. The monoisotopic (exact) mass is 537 g/mol. The molecule has 1 heterocycles. The largest absolute Gasteiger partial charge is 0.489 e. The zero-order valence-electron chi connectivity index (χ0n) is 17.8. The standard InChI is InChI=1S/C22H19BrF3N5O3/c1-3-20(33)30-18-9-14-17(10-19(18)34-7-6-27-12(2)32)28-11-29-21(14)31-16-5-4-13(23)8-15(16)22(24,25)26/h3-5,8-11H,1,6-7H2,2H3,(H,27,32)(H,30,33)(H,28,29,31). The van der Waals surface area contributed by atoms with Gasteiger partial charge >= 0.3 is 6.18 Å². The first-order valence-electron chi connectivity index (χ1n) is 9.81. The van der Waals surface area contributed by atoms with Crippen molar-refractivity contribution in [2.45, 2.75) is 13.1 Å². The fraction of sp³-hybridized carbons (Fsp3) is 0.182. The molecule has 0 radical (unpaired) electrons. The highest BCUT2D eigenvalue weighted by molar-refractivity contribution is 9.10. The van der Waals surface area contributed by atoms with Crippen LogP contribution in [0, 0.1) is 0 Å². The Labute approximate surface area is 200 Å². The van der Waals surface area contributed by atoms with E-state index in [-0.39, 0.29) is 46.5 Å². The number of alkyl halides is 3. The Bertz CT molecular complexity index is 1250. The molecule has 0 atom stereocenters. The molecular weight excluding hydrogens is 519 g/mol. The topological polar surface area (TPSA) is 105 Å². The third-order valence-corrected chi connectivity index (χ3v) is 4.95. The van der Waals surface area contributed by atoms with E-state index in [1.807, 2.05) is 0 Å². The van der Waals surface area contributed by atoms with Gasteiger partial charge in [-0.15, -0.1) is 0 Å². The van der Waals surface area contributed by atoms with Crippen LogP contribution in [0.25, 0.3) is 10.9 Å². The molecule has 0 saturated heterocycles. The normalized spacial score (nSPS) is 11.1. The number of aromatic nitrogens is 2. The Morgan fingerprint density at radius 1 is 1.18 bits per heavy atom. The van der Waals surface area contributed by atoms with Crippen molar-refractivity contribution < 1.29 is 27.5 Å². The van der Waals surface area contributed by atoms with Gasteiger partial charge in [0.15, 0.2) is 0 Å². The van der Waals surface area contributed by atoms with Crippen molar-refractivity contribution in [1.82, 2.24) is 15.3 Å². The first-order valence-corrected chi connectivity index (χ1v) is 10.6. The van der Waals surface area contributed by atoms with E-state index < -0.39 is 17.6 Å². The number of carbonyl (C=O) groups excluding carboxylic acids is 2. The van der Waals surface area contributed by atoms with Crippen molar-refractivity contribution in [3.05, 3.63) is 59.4 Å². The summed E-state index contributed by atoms with van der Waals surface area (Å²) in [4.78, 5) is 31.2. The fourth-order valence-corrected chi connectivity index (χ4v) is 3.32. The smallest absolute Gasteiger partial charge is 0.418 e. The average molecular weight is 538 g/mol. The van der Waals surface area contributed by atoms with Crippen LogP contribution in [-0.2, 0) is 15.8 Å². The summed E-state index contributed by atoms with van der Waals surface area (Å²) < 4.78 is 46.6. The molecule has 3 rings (SSSR count). The lowest BCUT2D eigenvalue weighted by molar-refractivity contribution is -0.137. The first kappa shape index (κ1) is 25.0. The number of ether oxygens (including phenoxy) is 1. The van der Waals surface area contributed by atoms with Crippen molar-refractivity contribution in [2.75, 3.05) is 23.8 Å². The van der Waals surface area contributed by atoms with Crippen LogP contribution in [0.1, 0.15) is 12.5 Å². The average Bonchev–Trinajstić information content (AvgIpc) is 2.77. The molecule has 1 aromatic heterocycles. The Kier molecular flexibility index (Phi) is 7.72. The molecule has 3 N–H and O–H groups in total. The van der Waals surface area contributed by atoms with Gasteiger partial charge in [0.2, 0.25) is 11.8 Å². The number of anilines is 3. The number of nitrogens with one attached hydrogen (secondary N) is 3. The highest BCUT2D eigenvalue weighted by Crippen LogP contribution is 2.39. The number of benzene rings is 2. The summed E-state index contributed by atoms with van der Waals surface area (Å²) in [6, 6.07) is 6.71. The summed E-state index contributed by atoms with van der Waals surface area (Å²) in [5.41, 5.74) is -0.506. The van der Waals surface area contributed by atoms with Crippen molar-refractivity contribution in [2.24, 2.45) is 0 Å². The fourth-order valence-electron chi connectivity index (χ4n) is 2.96. The predicted octanol–water partition coefficient (Wildman–Crippen LogP) is 4.79. The lowest BCUT2D eigenvalue weighted by Crippen LogP contribution is -2.25. The second-order valence-electron chi connectivity index (χ2n) is 6.93. The lowest BCUT2D eigenvalue weighted by Gasteiger charge is -2.17. The zero-order chi connectivity index (χ0) is 24.9. The molecular formula is C22H19BrF3N5O3. The number of halogens is 4. The van der Waals surface area contributed by atoms with Gasteiger partial charge in [-0.1, -0.05) is 22.5 Å². The maximum Gasteiger partial charge on any atom is 0.418 e. The van der Waals surface area contributed by atoms with Gasteiger partial charge in [0.05, 0.1) is 29.0 Å². The summed E-state index contributed by atoms with van der Waals surface area (Å²) in [6.45, 7) is 5.10. The van der Waals surface area contributed by atoms with Gasteiger partial charge in [0.1, 0.15) is 24.5 Å². The molecule has 8 nitrogen and oxygen atoms in total. The number of amides is 2. The third-order valence-electron chi connectivity index (χ3n) is 4.45. The van der Waals surface area contributed by atoms with E-state index in [0.29, 0.717) is 10.9 Å². The Morgan fingerprint density at radius 3 is 2.62 bits per heavy atom. The maximum atomic E-state index is 13.5. The van der Waals surface area contributed by atoms with Crippen LogP contribution in [-0.4, -0.2) is 34.9 Å². The Hall–Kier alpha value is -3.67. The molecule has 2 aromatic carbocycles. The van der Waals surface area contributed by atoms with E-state index in [4.69, 9.17) is 4.74 Å². The van der Waals surface area contributed by atoms with Crippen molar-refractivity contribution in [1.29, 1.82) is 0 Å². The maximum absolute atomic E-state index is 13.5. The van der Waals surface area contributed by atoms with E-state index in [9.17, 15) is 22.8 Å². The quantitative estimate of drug-likeness (QED) is 0.281. The molecule has 0 aliphatic heterocycles. The highest BCUT2D eigenvalue weighted by Gasteiger charge is 2.34. The van der Waals surface area contributed by atoms with Crippen LogP contribution in [0.4, 0.5) is 30.4 Å². The van der Waals surface area contributed by atoms with Crippen LogP contribution in [0.15, 0.2) is 53.8 Å². The number of fused-ring (bicyclic) bond motifs is 1. The number of hydrogen-bond donors (Lipinski definition) is 3. The number of carbonyl (C=O) groups is 2. The highest BCUT2D eigenvalue weighted by atomic mass is 79.9. The van der Waals surface area contributed by atoms with Crippen LogP contribution in [0.3, 0.4) is 0 Å². The molecule has 0 unspecified atom stereocenters. The second kappa shape index (κ2) is 10.5. The minimum atomic E-state index is -4.60. The van der Waals surface area contributed by atoms with Gasteiger partial charge in [-0.05, 0) is 30.3 Å². The molecule has 3 aromatic rings. The van der Waals surface area contributed by atoms with E-state index in [1.165, 1.54) is 37.5 Å². The minimum absolute atomic E-state index is 0.0942. The summed E-state index contributed by atoms with van der Waals surface area (Å²) in [7, 11) is 0. The van der Waals surface area contributed by atoms with Crippen molar-refractivity contribution in [3.8, 4) is 5.75 Å². The predicted molar refractivity (Wildman–Crippen MR) is 125 cm³/mol. The van der Waals surface area contributed by atoms with Gasteiger partial charge in [0.25, 0.3) is 0 Å². The molecule has 0 aliphatic carbocycles. The SMILES string of the molecule is C=CC(=O)Nc1cc2c(Nc3ccc(Br)cc3C(F)(F)F)ncnc2cc1OCCNC(C)=O. The van der Waals surface area contributed by atoms with E-state index >= 15 is 0 Å². The van der Waals surface area contributed by atoms with E-state index in [0.717, 1.165) is 12.1 Å². The Morgan fingerprint density at radius 2 is 1.94 bits per heavy atom. The Balaban J connectivity index is 2.03. The molecule has 0 spiro atoms. The number of nitrogens with zero attached hydrogens (tertiary/aromatic N) is 2. The second-order valence-corrected chi connectivity index (χ2v) is 7.84. The molecule has 0 fully saturated rings. The molecule has 2 amide bonds.